The predicted molar refractivity (Wildman–Crippen MR) is 169 cm³/mol. The number of ether oxygens (including phenoxy) is 3. The minimum atomic E-state index is -0.474. The summed E-state index contributed by atoms with van der Waals surface area (Å²) in [7, 11) is 0. The molecule has 0 spiro atoms. The zero-order valence-electron chi connectivity index (χ0n) is 22.4. The molecule has 9 nitrogen and oxygen atoms in total. The highest BCUT2D eigenvalue weighted by atomic mass is 127. The quantitative estimate of drug-likeness (QED) is 0.0935. The molecule has 2 heterocycles. The molecule has 5 rings (SSSR count). The zero-order valence-corrected chi connectivity index (χ0v) is 26.1. The molecule has 0 fully saturated rings. The molecule has 0 saturated carbocycles. The van der Waals surface area contributed by atoms with Crippen LogP contribution in [-0.2, 0) is 9.53 Å². The lowest BCUT2D eigenvalue weighted by Gasteiger charge is -2.15. The fourth-order valence-electron chi connectivity index (χ4n) is 4.13. The van der Waals surface area contributed by atoms with E-state index in [1.54, 1.807) is 44.3 Å². The summed E-state index contributed by atoms with van der Waals surface area (Å²) in [5.74, 6) is 1.05. The summed E-state index contributed by atoms with van der Waals surface area (Å²) < 4.78 is 25.6. The highest BCUT2D eigenvalue weighted by Gasteiger charge is 2.18. The Hall–Kier alpha value is -3.71. The van der Waals surface area contributed by atoms with Crippen molar-refractivity contribution in [2.45, 2.75) is 26.9 Å². The van der Waals surface area contributed by atoms with E-state index < -0.39 is 5.97 Å². The molecule has 0 unspecified atom stereocenters. The number of carbonyl (C=O) groups is 1. The minimum absolute atomic E-state index is 0.241. The molecule has 0 radical (unpaired) electrons. The van der Waals surface area contributed by atoms with E-state index >= 15 is 0 Å². The highest BCUT2D eigenvalue weighted by molar-refractivity contribution is 14.1. The number of carbonyl (C=O) groups excluding carboxylic acids is 1. The second-order valence-electron chi connectivity index (χ2n) is 9.20. The number of halogens is 2. The molecule has 0 saturated heterocycles. The van der Waals surface area contributed by atoms with Crippen LogP contribution in [0.4, 0.5) is 0 Å². The van der Waals surface area contributed by atoms with Crippen molar-refractivity contribution in [2.24, 2.45) is 5.10 Å². The van der Waals surface area contributed by atoms with Gasteiger partial charge in [0.05, 0.1) is 33.4 Å². The molecule has 0 bridgehead atoms. The molecule has 41 heavy (non-hydrogen) atoms. The summed E-state index contributed by atoms with van der Waals surface area (Å²) in [5, 5.41) is 5.83. The van der Waals surface area contributed by atoms with Crippen LogP contribution in [0.5, 0.6) is 11.5 Å². The predicted octanol–water partition coefficient (Wildman–Crippen LogP) is 6.79. The van der Waals surface area contributed by atoms with Crippen LogP contribution in [0.3, 0.4) is 0 Å². The van der Waals surface area contributed by atoms with Crippen molar-refractivity contribution in [3.05, 3.63) is 84.6 Å². The third-order valence-corrected chi connectivity index (χ3v) is 7.10. The highest BCUT2D eigenvalue weighted by Crippen LogP contribution is 2.34. The lowest BCUT2D eigenvalue weighted by molar-refractivity contribution is -0.149. The van der Waals surface area contributed by atoms with E-state index in [1.165, 1.54) is 4.68 Å². The molecular formula is C30H25BrIN3O6. The third kappa shape index (κ3) is 6.46. The first kappa shape index (κ1) is 28.8. The number of benzene rings is 3. The topological polar surface area (TPSA) is 105 Å². The Kier molecular flexibility index (Phi) is 8.74. The molecule has 210 valence electrons. The standard InChI is InChI=1S/C30H25BrIN3O6/c1-4-38-25-12-18(11-22(32)28(25)39-16-27(36)40-17(2)3)15-33-35-29(34-23-8-6-5-7-21(23)30(35)37)26-14-19-13-20(31)9-10-24(19)41-26/h5-15,17H,4,16H2,1-3H3. The molecule has 0 N–H and O–H groups in total. The van der Waals surface area contributed by atoms with Crippen molar-refractivity contribution in [3.63, 3.8) is 0 Å². The summed E-state index contributed by atoms with van der Waals surface area (Å²) >= 11 is 5.59. The van der Waals surface area contributed by atoms with E-state index in [2.05, 4.69) is 43.6 Å². The van der Waals surface area contributed by atoms with Gasteiger partial charge in [0.2, 0.25) is 5.82 Å². The Morgan fingerprint density at radius 3 is 2.73 bits per heavy atom. The maximum atomic E-state index is 13.6. The molecule has 0 aliphatic heterocycles. The van der Waals surface area contributed by atoms with Crippen molar-refractivity contribution in [1.29, 1.82) is 0 Å². The maximum Gasteiger partial charge on any atom is 0.344 e. The van der Waals surface area contributed by atoms with Gasteiger partial charge in [0, 0.05) is 9.86 Å². The van der Waals surface area contributed by atoms with E-state index in [9.17, 15) is 9.59 Å². The van der Waals surface area contributed by atoms with Crippen molar-refractivity contribution < 1.29 is 23.4 Å². The number of furan rings is 1. The van der Waals surface area contributed by atoms with Crippen molar-refractivity contribution in [1.82, 2.24) is 9.66 Å². The second kappa shape index (κ2) is 12.4. The second-order valence-corrected chi connectivity index (χ2v) is 11.3. The molecule has 2 aromatic heterocycles. The lowest BCUT2D eigenvalue weighted by Crippen LogP contribution is -2.20. The van der Waals surface area contributed by atoms with E-state index in [0.29, 0.717) is 49.5 Å². The molecular weight excluding hydrogens is 705 g/mol. The molecule has 0 aliphatic rings. The van der Waals surface area contributed by atoms with Crippen LogP contribution in [-0.4, -0.2) is 41.2 Å². The van der Waals surface area contributed by atoms with Crippen LogP contribution in [0.2, 0.25) is 0 Å². The number of rotatable bonds is 9. The summed E-state index contributed by atoms with van der Waals surface area (Å²) in [6.07, 6.45) is 1.30. The molecule has 0 amide bonds. The van der Waals surface area contributed by atoms with Crippen LogP contribution in [0.15, 0.2) is 79.4 Å². The molecule has 3 aromatic carbocycles. The van der Waals surface area contributed by atoms with Crippen LogP contribution in [0, 0.1) is 3.57 Å². The van der Waals surface area contributed by atoms with Gasteiger partial charge in [-0.25, -0.2) is 9.78 Å². The monoisotopic (exact) mass is 729 g/mol. The van der Waals surface area contributed by atoms with Gasteiger partial charge in [-0.15, -0.1) is 0 Å². The SMILES string of the molecule is CCOc1cc(C=Nn2c(-c3cc4cc(Br)ccc4o3)nc3ccccc3c2=O)cc(I)c1OCC(=O)OC(C)C. The number of esters is 1. The van der Waals surface area contributed by atoms with Gasteiger partial charge in [0.25, 0.3) is 5.56 Å². The first-order valence-corrected chi connectivity index (χ1v) is 14.6. The first-order valence-electron chi connectivity index (χ1n) is 12.8. The number of fused-ring (bicyclic) bond motifs is 2. The number of nitrogens with zero attached hydrogens (tertiary/aromatic N) is 3. The van der Waals surface area contributed by atoms with Gasteiger partial charge in [-0.05, 0) is 97.5 Å². The van der Waals surface area contributed by atoms with Gasteiger partial charge in [-0.1, -0.05) is 28.1 Å². The molecule has 0 aliphatic carbocycles. The Morgan fingerprint density at radius 1 is 1.15 bits per heavy atom. The number of hydrogen-bond acceptors (Lipinski definition) is 8. The van der Waals surface area contributed by atoms with Gasteiger partial charge in [0.15, 0.2) is 23.9 Å². The summed E-state index contributed by atoms with van der Waals surface area (Å²) in [6.45, 7) is 5.52. The maximum absolute atomic E-state index is 13.6. The van der Waals surface area contributed by atoms with Crippen molar-refractivity contribution in [3.8, 4) is 23.1 Å². The van der Waals surface area contributed by atoms with Gasteiger partial charge < -0.3 is 18.6 Å². The Bertz CT molecular complexity index is 1850. The normalized spacial score (nSPS) is 11.6. The zero-order chi connectivity index (χ0) is 29.1. The van der Waals surface area contributed by atoms with Crippen molar-refractivity contribution >= 4 is 72.6 Å². The van der Waals surface area contributed by atoms with Crippen LogP contribution in [0.25, 0.3) is 33.5 Å². The fourth-order valence-corrected chi connectivity index (χ4v) is 5.29. The average Bonchev–Trinajstić information content (AvgIpc) is 3.35. The smallest absolute Gasteiger partial charge is 0.344 e. The number of aromatic nitrogens is 2. The molecule has 5 aromatic rings. The summed E-state index contributed by atoms with van der Waals surface area (Å²) in [6, 6.07) is 18.1. The molecule has 11 heteroatoms. The van der Waals surface area contributed by atoms with Crippen LogP contribution >= 0.6 is 38.5 Å². The van der Waals surface area contributed by atoms with E-state index in [4.69, 9.17) is 23.6 Å². The Labute approximate surface area is 257 Å². The van der Waals surface area contributed by atoms with E-state index in [1.807, 2.05) is 43.3 Å². The van der Waals surface area contributed by atoms with Gasteiger partial charge in [-0.2, -0.15) is 9.78 Å². The minimum Gasteiger partial charge on any atom is -0.490 e. The lowest BCUT2D eigenvalue weighted by atomic mass is 10.2. The van der Waals surface area contributed by atoms with Crippen LogP contribution < -0.4 is 15.0 Å². The third-order valence-electron chi connectivity index (χ3n) is 5.81. The first-order chi connectivity index (χ1) is 19.7. The average molecular weight is 730 g/mol. The number of para-hydroxylation sites is 1. The summed E-state index contributed by atoms with van der Waals surface area (Å²) in [5.41, 5.74) is 1.50. The Morgan fingerprint density at radius 2 is 1.95 bits per heavy atom. The fraction of sp³-hybridized carbons (Fsp3) is 0.200. The number of hydrogen-bond donors (Lipinski definition) is 0. The largest absolute Gasteiger partial charge is 0.490 e. The Balaban J connectivity index is 1.56. The molecule has 0 atom stereocenters. The van der Waals surface area contributed by atoms with Gasteiger partial charge in [0.1, 0.15) is 5.58 Å². The summed E-state index contributed by atoms with van der Waals surface area (Å²) in [4.78, 5) is 30.4. The van der Waals surface area contributed by atoms with Crippen LogP contribution in [0.1, 0.15) is 26.3 Å². The van der Waals surface area contributed by atoms with Crippen molar-refractivity contribution in [2.75, 3.05) is 13.2 Å². The van der Waals surface area contributed by atoms with Gasteiger partial charge >= 0.3 is 5.97 Å². The van der Waals surface area contributed by atoms with Gasteiger partial charge in [-0.3, -0.25) is 4.79 Å². The van der Waals surface area contributed by atoms with E-state index in [-0.39, 0.29) is 24.1 Å². The van der Waals surface area contributed by atoms with E-state index in [0.717, 1.165) is 9.86 Å².